The number of nitrogens with zero attached hydrogens (tertiary/aromatic N) is 2. The second kappa shape index (κ2) is 3.09. The van der Waals surface area contributed by atoms with Crippen LogP contribution in [0.25, 0.3) is 0 Å². The fourth-order valence-corrected chi connectivity index (χ4v) is 1.01. The van der Waals surface area contributed by atoms with Gasteiger partial charge >= 0.3 is 0 Å². The molecule has 0 saturated heterocycles. The van der Waals surface area contributed by atoms with Crippen LogP contribution in [-0.4, -0.2) is 9.97 Å². The molecule has 1 aromatic heterocycles. The topological polar surface area (TPSA) is 51.8 Å². The summed E-state index contributed by atoms with van der Waals surface area (Å²) >= 11 is 0. The van der Waals surface area contributed by atoms with Gasteiger partial charge in [-0.15, -0.1) is 0 Å². The fourth-order valence-electron chi connectivity index (χ4n) is 1.01. The molecule has 1 heterocycles. The van der Waals surface area contributed by atoms with E-state index in [1.54, 1.807) is 0 Å². The molecule has 0 atom stereocenters. The minimum atomic E-state index is 0.364. The van der Waals surface area contributed by atoms with Gasteiger partial charge in [-0.2, -0.15) is 0 Å². The summed E-state index contributed by atoms with van der Waals surface area (Å²) in [5.41, 5.74) is 8.20. The van der Waals surface area contributed by atoms with Crippen LogP contribution in [-0.2, 0) is 0 Å². The van der Waals surface area contributed by atoms with Crippen molar-refractivity contribution < 1.29 is 0 Å². The molecule has 0 fully saturated rings. The lowest BCUT2D eigenvalue weighted by Crippen LogP contribution is -2.05. The molecule has 0 aliphatic rings. The van der Waals surface area contributed by atoms with Crippen molar-refractivity contribution in [2.75, 3.05) is 5.73 Å². The number of anilines is 1. The zero-order valence-corrected chi connectivity index (χ0v) is 8.05. The molecule has 0 spiro atoms. The third-order valence-corrected chi connectivity index (χ3v) is 1.86. The second-order valence-corrected chi connectivity index (χ2v) is 3.32. The molecular weight excluding hydrogens is 150 g/mol. The van der Waals surface area contributed by atoms with Crippen molar-refractivity contribution in [2.24, 2.45) is 0 Å². The first kappa shape index (κ1) is 8.97. The molecule has 0 aliphatic heterocycles. The normalized spacial score (nSPS) is 10.8. The Morgan fingerprint density at radius 3 is 1.83 bits per heavy atom. The van der Waals surface area contributed by atoms with Gasteiger partial charge in [0, 0.05) is 5.92 Å². The van der Waals surface area contributed by atoms with E-state index in [9.17, 15) is 0 Å². The van der Waals surface area contributed by atoms with Crippen LogP contribution in [0.1, 0.15) is 37.0 Å². The van der Waals surface area contributed by atoms with E-state index in [-0.39, 0.29) is 0 Å². The predicted octanol–water partition coefficient (Wildman–Crippen LogP) is 1.80. The maximum atomic E-state index is 5.73. The number of nitrogen functional groups attached to an aromatic ring is 1. The van der Waals surface area contributed by atoms with Gasteiger partial charge in [-0.3, -0.25) is 0 Å². The van der Waals surface area contributed by atoms with Crippen LogP contribution in [0.5, 0.6) is 0 Å². The Morgan fingerprint density at radius 1 is 1.08 bits per heavy atom. The van der Waals surface area contributed by atoms with E-state index in [0.717, 1.165) is 17.2 Å². The van der Waals surface area contributed by atoms with E-state index >= 15 is 0 Å². The van der Waals surface area contributed by atoms with Crippen molar-refractivity contribution in [3.63, 3.8) is 0 Å². The molecule has 0 aliphatic carbocycles. The van der Waals surface area contributed by atoms with Crippen molar-refractivity contribution in [1.29, 1.82) is 0 Å². The Labute approximate surface area is 73.0 Å². The summed E-state index contributed by atoms with van der Waals surface area (Å²) < 4.78 is 0. The summed E-state index contributed by atoms with van der Waals surface area (Å²) in [4.78, 5) is 8.59. The van der Waals surface area contributed by atoms with Gasteiger partial charge in [0.25, 0.3) is 0 Å². The van der Waals surface area contributed by atoms with Gasteiger partial charge in [-0.05, 0) is 13.8 Å². The Balaban J connectivity index is 3.21. The zero-order chi connectivity index (χ0) is 9.30. The fraction of sp³-hybridized carbons (Fsp3) is 0.556. The Bertz CT molecular complexity index is 269. The van der Waals surface area contributed by atoms with Crippen LogP contribution in [0, 0.1) is 13.8 Å². The first-order valence-electron chi connectivity index (χ1n) is 4.13. The average Bonchev–Trinajstić information content (AvgIpc) is 1.99. The molecule has 12 heavy (non-hydrogen) atoms. The van der Waals surface area contributed by atoms with Crippen LogP contribution in [0.3, 0.4) is 0 Å². The van der Waals surface area contributed by atoms with Gasteiger partial charge in [0.2, 0.25) is 0 Å². The summed E-state index contributed by atoms with van der Waals surface area (Å²) in [7, 11) is 0. The minimum absolute atomic E-state index is 0.364. The van der Waals surface area contributed by atoms with E-state index < -0.39 is 0 Å². The Hall–Kier alpha value is -1.12. The Morgan fingerprint density at radius 2 is 1.50 bits per heavy atom. The van der Waals surface area contributed by atoms with Crippen molar-refractivity contribution in [3.05, 3.63) is 17.2 Å². The van der Waals surface area contributed by atoms with Gasteiger partial charge in [-0.25, -0.2) is 9.97 Å². The molecule has 0 saturated carbocycles. The molecule has 0 radical (unpaired) electrons. The standard InChI is InChI=1S/C9H15N3/c1-5(2)9-11-6(3)8(10)7(4)12-9/h5H,10H2,1-4H3. The van der Waals surface area contributed by atoms with Crippen molar-refractivity contribution in [1.82, 2.24) is 9.97 Å². The lowest BCUT2D eigenvalue weighted by atomic mass is 10.2. The lowest BCUT2D eigenvalue weighted by Gasteiger charge is -2.08. The average molecular weight is 165 g/mol. The molecular formula is C9H15N3. The number of rotatable bonds is 1. The summed E-state index contributed by atoms with van der Waals surface area (Å²) in [6, 6.07) is 0. The second-order valence-electron chi connectivity index (χ2n) is 3.32. The van der Waals surface area contributed by atoms with E-state index in [1.807, 2.05) is 13.8 Å². The van der Waals surface area contributed by atoms with Crippen LogP contribution in [0.15, 0.2) is 0 Å². The maximum absolute atomic E-state index is 5.73. The third kappa shape index (κ3) is 1.55. The molecule has 2 N–H and O–H groups in total. The maximum Gasteiger partial charge on any atom is 0.131 e. The number of hydrogen-bond acceptors (Lipinski definition) is 3. The molecule has 3 heteroatoms. The number of aromatic nitrogens is 2. The molecule has 0 unspecified atom stereocenters. The molecule has 66 valence electrons. The van der Waals surface area contributed by atoms with Gasteiger partial charge in [0.15, 0.2) is 0 Å². The lowest BCUT2D eigenvalue weighted by molar-refractivity contribution is 0.760. The van der Waals surface area contributed by atoms with E-state index in [1.165, 1.54) is 0 Å². The molecule has 1 rings (SSSR count). The quantitative estimate of drug-likeness (QED) is 0.690. The monoisotopic (exact) mass is 165 g/mol. The number of nitrogens with two attached hydrogens (primary N) is 1. The summed E-state index contributed by atoms with van der Waals surface area (Å²) in [6.45, 7) is 7.97. The number of hydrogen-bond donors (Lipinski definition) is 1. The molecule has 0 bridgehead atoms. The highest BCUT2D eigenvalue weighted by Gasteiger charge is 2.07. The largest absolute Gasteiger partial charge is 0.396 e. The van der Waals surface area contributed by atoms with Crippen LogP contribution >= 0.6 is 0 Å². The highest BCUT2D eigenvalue weighted by atomic mass is 14.9. The summed E-state index contributed by atoms with van der Waals surface area (Å²) in [6.07, 6.45) is 0. The molecule has 1 aromatic rings. The first-order valence-corrected chi connectivity index (χ1v) is 4.13. The van der Waals surface area contributed by atoms with Crippen molar-refractivity contribution in [3.8, 4) is 0 Å². The predicted molar refractivity (Wildman–Crippen MR) is 50.0 cm³/mol. The molecule has 3 nitrogen and oxygen atoms in total. The van der Waals surface area contributed by atoms with Crippen molar-refractivity contribution in [2.45, 2.75) is 33.6 Å². The van der Waals surface area contributed by atoms with Crippen LogP contribution < -0.4 is 5.73 Å². The van der Waals surface area contributed by atoms with Gasteiger partial charge in [-0.1, -0.05) is 13.8 Å². The van der Waals surface area contributed by atoms with E-state index in [2.05, 4.69) is 23.8 Å². The first-order chi connectivity index (χ1) is 5.52. The number of aryl methyl sites for hydroxylation is 2. The van der Waals surface area contributed by atoms with E-state index in [0.29, 0.717) is 11.6 Å². The third-order valence-electron chi connectivity index (χ3n) is 1.86. The van der Waals surface area contributed by atoms with Gasteiger partial charge in [0.1, 0.15) is 5.82 Å². The molecule has 0 amide bonds. The van der Waals surface area contributed by atoms with Crippen LogP contribution in [0.4, 0.5) is 5.69 Å². The van der Waals surface area contributed by atoms with Crippen molar-refractivity contribution >= 4 is 5.69 Å². The Kier molecular flexibility index (Phi) is 2.31. The van der Waals surface area contributed by atoms with Crippen LogP contribution in [0.2, 0.25) is 0 Å². The highest BCUT2D eigenvalue weighted by Crippen LogP contribution is 2.16. The minimum Gasteiger partial charge on any atom is -0.396 e. The van der Waals surface area contributed by atoms with Gasteiger partial charge in [0.05, 0.1) is 17.1 Å². The SMILES string of the molecule is Cc1nc(C(C)C)nc(C)c1N. The van der Waals surface area contributed by atoms with E-state index in [4.69, 9.17) is 5.73 Å². The zero-order valence-electron chi connectivity index (χ0n) is 8.05. The summed E-state index contributed by atoms with van der Waals surface area (Å²) in [5, 5.41) is 0. The summed E-state index contributed by atoms with van der Waals surface area (Å²) in [5.74, 6) is 1.24. The molecule has 0 aromatic carbocycles. The smallest absolute Gasteiger partial charge is 0.131 e. The highest BCUT2D eigenvalue weighted by molar-refractivity contribution is 5.46. The van der Waals surface area contributed by atoms with Gasteiger partial charge < -0.3 is 5.73 Å².